The van der Waals surface area contributed by atoms with Gasteiger partial charge in [-0.1, -0.05) is 19.3 Å². The highest BCUT2D eigenvalue weighted by Gasteiger charge is 2.54. The molecule has 4 bridgehead atoms. The molecule has 0 saturated heterocycles. The maximum atomic E-state index is 13.6. The van der Waals surface area contributed by atoms with Crippen LogP contribution in [0.15, 0.2) is 0 Å². The molecule has 7 rings (SSSR count). The van der Waals surface area contributed by atoms with Crippen LogP contribution < -0.4 is 11.1 Å². The minimum Gasteiger partial charge on any atom is -0.347 e. The van der Waals surface area contributed by atoms with Crippen LogP contribution >= 0.6 is 0 Å². The summed E-state index contributed by atoms with van der Waals surface area (Å²) in [6.07, 6.45) is 14.3. The fourth-order valence-corrected chi connectivity index (χ4v) is 7.63. The van der Waals surface area contributed by atoms with E-state index < -0.39 is 0 Å². The Labute approximate surface area is 167 Å². The van der Waals surface area contributed by atoms with Gasteiger partial charge in [0.15, 0.2) is 0 Å². The average molecular weight is 383 g/mol. The molecule has 28 heavy (non-hydrogen) atoms. The average Bonchev–Trinajstić information content (AvgIpc) is 3.29. The van der Waals surface area contributed by atoms with E-state index in [1.54, 1.807) is 0 Å². The number of rotatable bonds is 3. The van der Waals surface area contributed by atoms with E-state index in [4.69, 9.17) is 10.8 Å². The maximum Gasteiger partial charge on any atom is 0.270 e. The number of aromatic nitrogens is 2. The molecular weight excluding hydrogens is 348 g/mol. The summed E-state index contributed by atoms with van der Waals surface area (Å²) in [7, 11) is 0. The summed E-state index contributed by atoms with van der Waals surface area (Å²) in [4.78, 5) is 13.6. The summed E-state index contributed by atoms with van der Waals surface area (Å²) in [5.74, 6) is 3.42. The molecule has 6 aliphatic rings. The zero-order valence-electron chi connectivity index (χ0n) is 16.9. The van der Waals surface area contributed by atoms with Crippen LogP contribution in [0, 0.1) is 23.7 Å². The molecular formula is C23H34N4O. The molecule has 0 radical (unpaired) electrons. The highest BCUT2D eigenvalue weighted by molar-refractivity contribution is 5.94. The van der Waals surface area contributed by atoms with Crippen molar-refractivity contribution in [1.82, 2.24) is 15.1 Å². The van der Waals surface area contributed by atoms with E-state index in [0.29, 0.717) is 12.1 Å². The zero-order chi connectivity index (χ0) is 18.8. The Balaban J connectivity index is 1.32. The fourth-order valence-electron chi connectivity index (χ4n) is 7.63. The van der Waals surface area contributed by atoms with Crippen LogP contribution in [-0.4, -0.2) is 27.8 Å². The van der Waals surface area contributed by atoms with Crippen LogP contribution in [0.25, 0.3) is 0 Å². The summed E-state index contributed by atoms with van der Waals surface area (Å²) in [5, 5.41) is 8.54. The first-order valence-corrected chi connectivity index (χ1v) is 11.8. The Morgan fingerprint density at radius 3 is 2.68 bits per heavy atom. The van der Waals surface area contributed by atoms with Crippen LogP contribution in [0.1, 0.15) is 92.0 Å². The Bertz CT molecular complexity index is 776. The fraction of sp³-hybridized carbons (Fsp3) is 0.826. The second-order valence-electron chi connectivity index (χ2n) is 10.5. The van der Waals surface area contributed by atoms with Crippen molar-refractivity contribution in [2.24, 2.45) is 29.4 Å². The van der Waals surface area contributed by atoms with Crippen molar-refractivity contribution in [2.45, 2.75) is 95.2 Å². The summed E-state index contributed by atoms with van der Waals surface area (Å²) in [6.45, 7) is 0. The lowest BCUT2D eigenvalue weighted by Crippen LogP contribution is -2.45. The number of aryl methyl sites for hydroxylation is 1. The first-order valence-electron chi connectivity index (χ1n) is 11.8. The second-order valence-corrected chi connectivity index (χ2v) is 10.5. The number of hydrogen-bond donors (Lipinski definition) is 2. The molecule has 0 aromatic carbocycles. The van der Waals surface area contributed by atoms with Gasteiger partial charge in [-0.25, -0.2) is 0 Å². The van der Waals surface area contributed by atoms with Gasteiger partial charge in [-0.15, -0.1) is 0 Å². The van der Waals surface area contributed by atoms with Crippen molar-refractivity contribution in [2.75, 3.05) is 0 Å². The molecule has 1 aromatic heterocycles. The van der Waals surface area contributed by atoms with Crippen molar-refractivity contribution in [3.05, 3.63) is 17.0 Å². The van der Waals surface area contributed by atoms with Crippen molar-refractivity contribution < 1.29 is 4.79 Å². The molecule has 1 amide bonds. The van der Waals surface area contributed by atoms with Gasteiger partial charge in [0.1, 0.15) is 5.69 Å². The maximum absolute atomic E-state index is 13.6. The van der Waals surface area contributed by atoms with Crippen molar-refractivity contribution in [1.29, 1.82) is 0 Å². The van der Waals surface area contributed by atoms with E-state index in [1.165, 1.54) is 44.9 Å². The smallest absolute Gasteiger partial charge is 0.270 e. The van der Waals surface area contributed by atoms with E-state index in [2.05, 4.69) is 10.00 Å². The molecule has 1 heterocycles. The molecule has 6 atom stereocenters. The number of carbonyl (C=O) groups excluding carboxylic acids is 1. The van der Waals surface area contributed by atoms with E-state index in [0.717, 1.165) is 72.7 Å². The standard InChI is InChI=1S/C23H34N4O/c24-16-6-7-20-19(12-16)22(27(26-20)17-4-2-1-3-5-17)23(28)25-21-15-9-13-8-14(11-15)18(21)10-13/h13-18,21H,1-12,24H2,(H,25,28)/t13?,14?,15?,16?,18-,21?/m0/s1. The Morgan fingerprint density at radius 2 is 1.86 bits per heavy atom. The lowest BCUT2D eigenvalue weighted by atomic mass is 9.79. The summed E-state index contributed by atoms with van der Waals surface area (Å²) in [6, 6.07) is 0.965. The van der Waals surface area contributed by atoms with Gasteiger partial charge in [-0.3, -0.25) is 9.48 Å². The molecule has 3 N–H and O–H groups in total. The molecule has 0 spiro atoms. The minimum atomic E-state index is 0.148. The SMILES string of the molecule is NC1CCc2nn(C3CCCCC3)c(C(=O)NC3C4CC5CC(C4)[C@@H]3C5)c2C1. The molecule has 152 valence electrons. The van der Waals surface area contributed by atoms with Gasteiger partial charge in [0, 0.05) is 17.6 Å². The largest absolute Gasteiger partial charge is 0.347 e. The number of carbonyl (C=O) groups is 1. The van der Waals surface area contributed by atoms with Crippen LogP contribution in [0.3, 0.4) is 0 Å². The number of amides is 1. The molecule has 6 aliphatic carbocycles. The number of nitrogens with two attached hydrogens (primary N) is 1. The van der Waals surface area contributed by atoms with Gasteiger partial charge in [-0.05, 0) is 81.5 Å². The predicted molar refractivity (Wildman–Crippen MR) is 108 cm³/mol. The summed E-state index contributed by atoms with van der Waals surface area (Å²) >= 11 is 0. The quantitative estimate of drug-likeness (QED) is 0.842. The molecule has 5 heteroatoms. The predicted octanol–water partition coefficient (Wildman–Crippen LogP) is 3.37. The van der Waals surface area contributed by atoms with E-state index in [9.17, 15) is 4.79 Å². The van der Waals surface area contributed by atoms with Gasteiger partial charge in [0.05, 0.1) is 11.7 Å². The molecule has 1 aromatic rings. The zero-order valence-corrected chi connectivity index (χ0v) is 16.9. The third kappa shape index (κ3) is 2.68. The van der Waals surface area contributed by atoms with Crippen molar-refractivity contribution >= 4 is 5.91 Å². The van der Waals surface area contributed by atoms with Gasteiger partial charge >= 0.3 is 0 Å². The first kappa shape index (κ1) is 17.5. The van der Waals surface area contributed by atoms with Gasteiger partial charge < -0.3 is 11.1 Å². The Hall–Kier alpha value is -1.36. The van der Waals surface area contributed by atoms with E-state index in [1.807, 2.05) is 0 Å². The number of fused-ring (bicyclic) bond motifs is 1. The number of nitrogens with zero attached hydrogens (tertiary/aromatic N) is 2. The minimum absolute atomic E-state index is 0.148. The van der Waals surface area contributed by atoms with Crippen LogP contribution in [-0.2, 0) is 12.8 Å². The van der Waals surface area contributed by atoms with Crippen LogP contribution in [0.4, 0.5) is 0 Å². The molecule has 5 saturated carbocycles. The third-order valence-electron chi connectivity index (χ3n) is 8.80. The lowest BCUT2D eigenvalue weighted by Gasteiger charge is -2.33. The normalized spacial score (nSPS) is 39.3. The molecule has 5 unspecified atom stereocenters. The molecule has 5 fully saturated rings. The number of nitrogens with one attached hydrogen (secondary N) is 1. The Morgan fingerprint density at radius 1 is 1.04 bits per heavy atom. The topological polar surface area (TPSA) is 72.9 Å². The summed E-state index contributed by atoms with van der Waals surface area (Å²) < 4.78 is 2.14. The van der Waals surface area contributed by atoms with Gasteiger partial charge in [0.2, 0.25) is 0 Å². The van der Waals surface area contributed by atoms with Crippen molar-refractivity contribution in [3.63, 3.8) is 0 Å². The molecule has 5 nitrogen and oxygen atoms in total. The first-order chi connectivity index (χ1) is 13.7. The van der Waals surface area contributed by atoms with Crippen molar-refractivity contribution in [3.8, 4) is 0 Å². The summed E-state index contributed by atoms with van der Waals surface area (Å²) in [5.41, 5.74) is 9.48. The highest BCUT2D eigenvalue weighted by Crippen LogP contribution is 2.58. The van der Waals surface area contributed by atoms with Crippen LogP contribution in [0.5, 0.6) is 0 Å². The van der Waals surface area contributed by atoms with Gasteiger partial charge in [-0.2, -0.15) is 5.10 Å². The lowest BCUT2D eigenvalue weighted by molar-refractivity contribution is 0.0878. The molecule has 0 aliphatic heterocycles. The number of hydrogen-bond acceptors (Lipinski definition) is 3. The van der Waals surface area contributed by atoms with Crippen LogP contribution in [0.2, 0.25) is 0 Å². The van der Waals surface area contributed by atoms with E-state index >= 15 is 0 Å². The van der Waals surface area contributed by atoms with E-state index in [-0.39, 0.29) is 11.9 Å². The highest BCUT2D eigenvalue weighted by atomic mass is 16.2. The third-order valence-corrected chi connectivity index (χ3v) is 8.80. The Kier molecular flexibility index (Phi) is 4.11. The monoisotopic (exact) mass is 382 g/mol. The van der Waals surface area contributed by atoms with Gasteiger partial charge in [0.25, 0.3) is 5.91 Å². The second kappa shape index (κ2) is 6.58.